The summed E-state index contributed by atoms with van der Waals surface area (Å²) in [5.41, 5.74) is 0.107. The molecule has 0 bridgehead atoms. The molecular weight excluding hydrogens is 244 g/mol. The van der Waals surface area contributed by atoms with Crippen molar-refractivity contribution in [3.8, 4) is 0 Å². The normalized spacial score (nSPS) is 28.7. The zero-order valence-corrected chi connectivity index (χ0v) is 11.8. The summed E-state index contributed by atoms with van der Waals surface area (Å²) in [5, 5.41) is 10.6. The van der Waals surface area contributed by atoms with E-state index in [0.717, 1.165) is 24.3 Å². The highest BCUT2D eigenvalue weighted by Gasteiger charge is 2.42. The van der Waals surface area contributed by atoms with Gasteiger partial charge in [0, 0.05) is 16.4 Å². The molecule has 2 nitrogen and oxygen atoms in total. The van der Waals surface area contributed by atoms with Crippen LogP contribution in [0.3, 0.4) is 0 Å². The third kappa shape index (κ3) is 2.36. The summed E-state index contributed by atoms with van der Waals surface area (Å²) in [5.74, 6) is 0.384. The van der Waals surface area contributed by atoms with Crippen LogP contribution in [0.15, 0.2) is 12.1 Å². The van der Waals surface area contributed by atoms with Gasteiger partial charge in [-0.15, -0.1) is 11.3 Å². The van der Waals surface area contributed by atoms with E-state index < -0.39 is 0 Å². The highest BCUT2D eigenvalue weighted by Crippen LogP contribution is 2.45. The smallest absolute Gasteiger partial charge is 0.0912 e. The molecule has 1 N–H and O–H groups in total. The van der Waals surface area contributed by atoms with Crippen molar-refractivity contribution >= 4 is 11.3 Å². The zero-order chi connectivity index (χ0) is 12.6. The first-order chi connectivity index (χ1) is 8.69. The summed E-state index contributed by atoms with van der Waals surface area (Å²) < 4.78 is 6.04. The van der Waals surface area contributed by atoms with Crippen LogP contribution in [-0.2, 0) is 4.74 Å². The molecule has 1 saturated heterocycles. The molecule has 1 aromatic rings. The lowest BCUT2D eigenvalue weighted by Gasteiger charge is -2.39. The Bertz CT molecular complexity index is 406. The maximum Gasteiger partial charge on any atom is 0.0912 e. The van der Waals surface area contributed by atoms with E-state index in [1.807, 2.05) is 0 Å². The molecule has 1 aliphatic heterocycles. The SMILES string of the molecule is Cc1ccc(C(O)C2CCOC3(CCCC3)C2)s1. The van der Waals surface area contributed by atoms with E-state index in [0.29, 0.717) is 5.92 Å². The Kier molecular flexibility index (Phi) is 3.48. The van der Waals surface area contributed by atoms with Crippen molar-refractivity contribution in [2.75, 3.05) is 6.61 Å². The van der Waals surface area contributed by atoms with Gasteiger partial charge in [0.1, 0.15) is 0 Å². The number of aliphatic hydroxyl groups is 1. The van der Waals surface area contributed by atoms with Gasteiger partial charge in [-0.05, 0) is 50.7 Å². The molecule has 100 valence electrons. The average Bonchev–Trinajstić information content (AvgIpc) is 2.98. The average molecular weight is 266 g/mol. The summed E-state index contributed by atoms with van der Waals surface area (Å²) in [6, 6.07) is 4.19. The van der Waals surface area contributed by atoms with Gasteiger partial charge in [-0.2, -0.15) is 0 Å². The molecule has 1 aliphatic carbocycles. The van der Waals surface area contributed by atoms with Crippen molar-refractivity contribution in [1.29, 1.82) is 0 Å². The molecule has 18 heavy (non-hydrogen) atoms. The molecule has 1 saturated carbocycles. The van der Waals surface area contributed by atoms with Crippen LogP contribution >= 0.6 is 11.3 Å². The number of rotatable bonds is 2. The first-order valence-electron chi connectivity index (χ1n) is 7.07. The summed E-state index contributed by atoms with van der Waals surface area (Å²) in [6.07, 6.45) is 6.73. The minimum absolute atomic E-state index is 0.107. The Labute approximate surface area is 113 Å². The van der Waals surface area contributed by atoms with E-state index in [2.05, 4.69) is 19.1 Å². The fourth-order valence-electron chi connectivity index (χ4n) is 3.55. The van der Waals surface area contributed by atoms with Gasteiger partial charge in [-0.1, -0.05) is 12.8 Å². The Balaban J connectivity index is 1.72. The molecule has 1 spiro atoms. The van der Waals surface area contributed by atoms with Crippen LogP contribution in [0.25, 0.3) is 0 Å². The molecule has 2 atom stereocenters. The Morgan fingerprint density at radius 2 is 2.17 bits per heavy atom. The summed E-state index contributed by atoms with van der Waals surface area (Å²) in [4.78, 5) is 2.42. The van der Waals surface area contributed by atoms with E-state index in [-0.39, 0.29) is 11.7 Å². The number of aliphatic hydroxyl groups excluding tert-OH is 1. The highest BCUT2D eigenvalue weighted by atomic mass is 32.1. The molecule has 0 radical (unpaired) electrons. The van der Waals surface area contributed by atoms with Gasteiger partial charge in [-0.3, -0.25) is 0 Å². The first kappa shape index (κ1) is 12.6. The highest BCUT2D eigenvalue weighted by molar-refractivity contribution is 7.12. The van der Waals surface area contributed by atoms with Crippen molar-refractivity contribution in [2.24, 2.45) is 5.92 Å². The molecule has 2 heterocycles. The maximum atomic E-state index is 10.6. The van der Waals surface area contributed by atoms with Gasteiger partial charge < -0.3 is 9.84 Å². The molecule has 3 heteroatoms. The number of aryl methyl sites for hydroxylation is 1. The van der Waals surface area contributed by atoms with Gasteiger partial charge in [0.2, 0.25) is 0 Å². The van der Waals surface area contributed by atoms with Crippen molar-refractivity contribution in [1.82, 2.24) is 0 Å². The van der Waals surface area contributed by atoms with E-state index in [1.54, 1.807) is 11.3 Å². The van der Waals surface area contributed by atoms with E-state index in [1.165, 1.54) is 30.6 Å². The summed E-state index contributed by atoms with van der Waals surface area (Å²) in [6.45, 7) is 2.93. The number of thiophene rings is 1. The van der Waals surface area contributed by atoms with Crippen LogP contribution in [0.4, 0.5) is 0 Å². The molecule has 2 aliphatic rings. The van der Waals surface area contributed by atoms with E-state index in [4.69, 9.17) is 4.74 Å². The monoisotopic (exact) mass is 266 g/mol. The van der Waals surface area contributed by atoms with Gasteiger partial charge >= 0.3 is 0 Å². The van der Waals surface area contributed by atoms with Crippen LogP contribution in [0, 0.1) is 12.8 Å². The first-order valence-corrected chi connectivity index (χ1v) is 7.89. The van der Waals surface area contributed by atoms with Gasteiger partial charge in [0.05, 0.1) is 11.7 Å². The fraction of sp³-hybridized carbons (Fsp3) is 0.733. The lowest BCUT2D eigenvalue weighted by Crippen LogP contribution is -2.39. The predicted octanol–water partition coefficient (Wildman–Crippen LogP) is 3.83. The Hall–Kier alpha value is -0.380. The topological polar surface area (TPSA) is 29.5 Å². The largest absolute Gasteiger partial charge is 0.387 e. The van der Waals surface area contributed by atoms with Crippen molar-refractivity contribution < 1.29 is 9.84 Å². The Morgan fingerprint density at radius 3 is 2.83 bits per heavy atom. The van der Waals surface area contributed by atoms with Gasteiger partial charge in [0.15, 0.2) is 0 Å². The zero-order valence-electron chi connectivity index (χ0n) is 11.0. The quantitative estimate of drug-likeness (QED) is 0.881. The van der Waals surface area contributed by atoms with E-state index >= 15 is 0 Å². The second-order valence-electron chi connectivity index (χ2n) is 5.88. The lowest BCUT2D eigenvalue weighted by atomic mass is 9.81. The second-order valence-corrected chi connectivity index (χ2v) is 7.20. The van der Waals surface area contributed by atoms with Gasteiger partial charge in [-0.25, -0.2) is 0 Å². The molecule has 0 aromatic carbocycles. The summed E-state index contributed by atoms with van der Waals surface area (Å²) in [7, 11) is 0. The molecule has 3 rings (SSSR count). The molecule has 0 amide bonds. The van der Waals surface area contributed by atoms with Gasteiger partial charge in [0.25, 0.3) is 0 Å². The van der Waals surface area contributed by atoms with Crippen LogP contribution in [-0.4, -0.2) is 17.3 Å². The van der Waals surface area contributed by atoms with Crippen molar-refractivity contribution in [2.45, 2.75) is 57.2 Å². The lowest BCUT2D eigenvalue weighted by molar-refractivity contribution is -0.112. The minimum Gasteiger partial charge on any atom is -0.387 e. The Morgan fingerprint density at radius 1 is 1.39 bits per heavy atom. The maximum absolute atomic E-state index is 10.6. The third-order valence-corrected chi connectivity index (χ3v) is 5.62. The minimum atomic E-state index is -0.287. The summed E-state index contributed by atoms with van der Waals surface area (Å²) >= 11 is 1.73. The molecule has 2 unspecified atom stereocenters. The van der Waals surface area contributed by atoms with Crippen LogP contribution in [0.1, 0.15) is 54.4 Å². The number of ether oxygens (including phenoxy) is 1. The second kappa shape index (κ2) is 4.95. The molecular formula is C15H22O2S. The van der Waals surface area contributed by atoms with Crippen LogP contribution in [0.5, 0.6) is 0 Å². The number of hydrogen-bond acceptors (Lipinski definition) is 3. The number of hydrogen-bond donors (Lipinski definition) is 1. The molecule has 2 fully saturated rings. The van der Waals surface area contributed by atoms with Crippen molar-refractivity contribution in [3.05, 3.63) is 21.9 Å². The van der Waals surface area contributed by atoms with Crippen LogP contribution in [0.2, 0.25) is 0 Å². The van der Waals surface area contributed by atoms with E-state index in [9.17, 15) is 5.11 Å². The predicted molar refractivity (Wildman–Crippen MR) is 73.9 cm³/mol. The van der Waals surface area contributed by atoms with Crippen LogP contribution < -0.4 is 0 Å². The molecule has 1 aromatic heterocycles. The third-order valence-electron chi connectivity index (χ3n) is 4.55. The van der Waals surface area contributed by atoms with Crippen molar-refractivity contribution in [3.63, 3.8) is 0 Å². The standard InChI is InChI=1S/C15H22O2S/c1-11-4-5-13(18-11)14(16)12-6-9-17-15(10-12)7-2-3-8-15/h4-5,12,14,16H,2-3,6-10H2,1H3. The fourth-order valence-corrected chi connectivity index (χ4v) is 4.50.